The van der Waals surface area contributed by atoms with E-state index in [2.05, 4.69) is 31.8 Å². The molecule has 1 aliphatic rings. The van der Waals surface area contributed by atoms with Gasteiger partial charge >= 0.3 is 6.09 Å². The molecule has 0 aliphatic heterocycles. The SMILES string of the molecule is COc1cc(C)c(-c2cc3c(N[C@@H]4CC[C@H](NC(=O)OC(C)(C)C)C4)c(/C(N)=N/c4ccccc4Cl)cnn3c2)cn1. The van der Waals surface area contributed by atoms with Crippen LogP contribution in [0.15, 0.2) is 60.0 Å². The number of rotatable bonds is 7. The molecule has 1 fully saturated rings. The molecule has 1 saturated carbocycles. The number of hydrogen-bond acceptors (Lipinski definition) is 7. The number of halogens is 1. The normalized spacial score (nSPS) is 17.3. The number of alkyl carbamates (subject to hydrolysis) is 1. The molecule has 10 nitrogen and oxygen atoms in total. The Labute approximate surface area is 250 Å². The lowest BCUT2D eigenvalue weighted by Crippen LogP contribution is -2.38. The summed E-state index contributed by atoms with van der Waals surface area (Å²) in [6.45, 7) is 7.58. The summed E-state index contributed by atoms with van der Waals surface area (Å²) < 4.78 is 12.6. The Morgan fingerprint density at radius 3 is 2.64 bits per heavy atom. The number of methoxy groups -OCH3 is 1. The number of fused-ring (bicyclic) bond motifs is 1. The van der Waals surface area contributed by atoms with Crippen LogP contribution in [0.3, 0.4) is 0 Å². The number of nitrogens with one attached hydrogen (secondary N) is 2. The standard InChI is InChI=1S/C31H36ClN7O3/c1-18-12-27(41-5)34-15-22(18)19-13-26-28(36-20-10-11-21(14-20)37-30(40)42-31(2,3)4)23(16-35-39(26)17-19)29(33)38-25-9-7-6-8-24(25)32/h6-9,12-13,15-17,20-21,36H,10-11,14H2,1-5H3,(H2,33,38)(H,37,40)/t20-,21+/m1/s1. The van der Waals surface area contributed by atoms with Crippen molar-refractivity contribution in [3.05, 3.63) is 71.1 Å². The number of anilines is 1. The lowest BCUT2D eigenvalue weighted by atomic mass is 10.1. The number of para-hydroxylation sites is 1. The second kappa shape index (κ2) is 11.9. The van der Waals surface area contributed by atoms with Crippen molar-refractivity contribution in [2.24, 2.45) is 10.7 Å². The van der Waals surface area contributed by atoms with E-state index >= 15 is 0 Å². The van der Waals surface area contributed by atoms with Gasteiger partial charge in [0.25, 0.3) is 0 Å². The second-order valence-electron chi connectivity index (χ2n) is 11.5. The monoisotopic (exact) mass is 589 g/mol. The number of ether oxygens (including phenoxy) is 2. The van der Waals surface area contributed by atoms with E-state index in [9.17, 15) is 4.79 Å². The number of aliphatic imine (C=N–C) groups is 1. The molecule has 1 aromatic carbocycles. The third-order valence-corrected chi connectivity index (χ3v) is 7.43. The van der Waals surface area contributed by atoms with Crippen LogP contribution in [-0.2, 0) is 4.74 Å². The highest BCUT2D eigenvalue weighted by molar-refractivity contribution is 6.33. The van der Waals surface area contributed by atoms with Gasteiger partial charge in [-0.1, -0.05) is 23.7 Å². The van der Waals surface area contributed by atoms with E-state index < -0.39 is 11.7 Å². The summed E-state index contributed by atoms with van der Waals surface area (Å²) in [5, 5.41) is 11.9. The highest BCUT2D eigenvalue weighted by Gasteiger charge is 2.29. The maximum absolute atomic E-state index is 12.4. The molecule has 5 rings (SSSR count). The molecular formula is C31H36ClN7O3. The zero-order chi connectivity index (χ0) is 30.0. The molecule has 11 heteroatoms. The Bertz CT molecular complexity index is 1640. The first-order valence-corrected chi connectivity index (χ1v) is 14.3. The minimum Gasteiger partial charge on any atom is -0.481 e. The van der Waals surface area contributed by atoms with Crippen molar-refractivity contribution in [3.8, 4) is 17.0 Å². The lowest BCUT2D eigenvalue weighted by molar-refractivity contribution is 0.0505. The molecule has 0 spiro atoms. The van der Waals surface area contributed by atoms with Crippen LogP contribution in [0, 0.1) is 6.92 Å². The molecule has 1 aliphatic carbocycles. The van der Waals surface area contributed by atoms with E-state index in [1.54, 1.807) is 25.6 Å². The minimum atomic E-state index is -0.555. The number of aromatic nitrogens is 3. The number of nitrogens with zero attached hydrogens (tertiary/aromatic N) is 4. The van der Waals surface area contributed by atoms with E-state index in [0.29, 0.717) is 22.2 Å². The topological polar surface area (TPSA) is 128 Å². The van der Waals surface area contributed by atoms with Crippen LogP contribution < -0.4 is 21.1 Å². The summed E-state index contributed by atoms with van der Waals surface area (Å²) in [5.41, 5.74) is 11.8. The number of pyridine rings is 1. The Morgan fingerprint density at radius 1 is 1.17 bits per heavy atom. The molecule has 2 atom stereocenters. The van der Waals surface area contributed by atoms with E-state index in [1.165, 1.54) is 0 Å². The summed E-state index contributed by atoms with van der Waals surface area (Å²) in [4.78, 5) is 21.4. The molecule has 220 valence electrons. The minimum absolute atomic E-state index is 0.0110. The van der Waals surface area contributed by atoms with Crippen molar-refractivity contribution in [2.75, 3.05) is 12.4 Å². The van der Waals surface area contributed by atoms with Crippen molar-refractivity contribution in [1.29, 1.82) is 0 Å². The van der Waals surface area contributed by atoms with E-state index in [4.69, 9.17) is 26.8 Å². The van der Waals surface area contributed by atoms with Crippen LogP contribution in [0.2, 0.25) is 5.02 Å². The van der Waals surface area contributed by atoms with Crippen LogP contribution in [0.5, 0.6) is 5.88 Å². The average Bonchev–Trinajstić information content (AvgIpc) is 3.55. The fourth-order valence-electron chi connectivity index (χ4n) is 5.15. The number of carbonyl (C=O) groups is 1. The number of benzene rings is 1. The van der Waals surface area contributed by atoms with Crippen molar-refractivity contribution in [3.63, 3.8) is 0 Å². The smallest absolute Gasteiger partial charge is 0.407 e. The van der Waals surface area contributed by atoms with Gasteiger partial charge in [0.2, 0.25) is 5.88 Å². The summed E-state index contributed by atoms with van der Waals surface area (Å²) in [5.74, 6) is 0.842. The fraction of sp³-hybridized carbons (Fsp3) is 0.355. The third kappa shape index (κ3) is 6.60. The third-order valence-electron chi connectivity index (χ3n) is 7.11. The van der Waals surface area contributed by atoms with E-state index in [0.717, 1.165) is 47.2 Å². The quantitative estimate of drug-likeness (QED) is 0.171. The molecule has 0 saturated heterocycles. The number of amidine groups is 1. The van der Waals surface area contributed by atoms with Gasteiger partial charge in [-0.05, 0) is 70.7 Å². The summed E-state index contributed by atoms with van der Waals surface area (Å²) in [6.07, 6.45) is 7.46. The molecule has 3 heterocycles. The number of carbonyl (C=O) groups excluding carboxylic acids is 1. The predicted octanol–water partition coefficient (Wildman–Crippen LogP) is 6.26. The van der Waals surface area contributed by atoms with Gasteiger partial charge in [0, 0.05) is 41.7 Å². The molecule has 4 aromatic rings. The number of nitrogens with two attached hydrogens (primary N) is 1. The first-order chi connectivity index (χ1) is 20.0. The molecule has 42 heavy (non-hydrogen) atoms. The van der Waals surface area contributed by atoms with E-state index in [-0.39, 0.29) is 17.9 Å². The van der Waals surface area contributed by atoms with Crippen LogP contribution in [-0.4, -0.2) is 51.3 Å². The average molecular weight is 590 g/mol. The van der Waals surface area contributed by atoms with Crippen molar-refractivity contribution in [2.45, 2.75) is 64.6 Å². The zero-order valence-corrected chi connectivity index (χ0v) is 25.2. The molecule has 0 bridgehead atoms. The van der Waals surface area contributed by atoms with Crippen LogP contribution in [0.4, 0.5) is 16.2 Å². The van der Waals surface area contributed by atoms with Gasteiger partial charge in [-0.3, -0.25) is 0 Å². The maximum atomic E-state index is 12.4. The maximum Gasteiger partial charge on any atom is 0.407 e. The first-order valence-electron chi connectivity index (χ1n) is 13.9. The van der Waals surface area contributed by atoms with Gasteiger partial charge < -0.3 is 25.8 Å². The van der Waals surface area contributed by atoms with Gasteiger partial charge in [-0.25, -0.2) is 19.3 Å². The van der Waals surface area contributed by atoms with Crippen LogP contribution in [0.1, 0.15) is 51.2 Å². The van der Waals surface area contributed by atoms with Crippen molar-refractivity contribution in [1.82, 2.24) is 19.9 Å². The second-order valence-corrected chi connectivity index (χ2v) is 11.9. The van der Waals surface area contributed by atoms with Crippen LogP contribution in [0.25, 0.3) is 16.6 Å². The Morgan fingerprint density at radius 2 is 1.93 bits per heavy atom. The molecule has 3 aromatic heterocycles. The van der Waals surface area contributed by atoms with Crippen molar-refractivity contribution < 1.29 is 14.3 Å². The molecule has 0 unspecified atom stereocenters. The van der Waals surface area contributed by atoms with E-state index in [1.807, 2.05) is 62.7 Å². The van der Waals surface area contributed by atoms with Gasteiger partial charge in [0.1, 0.15) is 11.4 Å². The van der Waals surface area contributed by atoms with Gasteiger partial charge in [-0.2, -0.15) is 5.10 Å². The highest BCUT2D eigenvalue weighted by Crippen LogP contribution is 2.34. The first kappa shape index (κ1) is 29.2. The number of amides is 1. The molecule has 0 radical (unpaired) electrons. The van der Waals surface area contributed by atoms with Gasteiger partial charge in [-0.15, -0.1) is 0 Å². The van der Waals surface area contributed by atoms with Gasteiger partial charge in [0.15, 0.2) is 0 Å². The summed E-state index contributed by atoms with van der Waals surface area (Å²) in [6, 6.07) is 11.3. The summed E-state index contributed by atoms with van der Waals surface area (Å²) in [7, 11) is 1.60. The Hall–Kier alpha value is -4.31. The van der Waals surface area contributed by atoms with Crippen molar-refractivity contribution >= 4 is 40.4 Å². The Kier molecular flexibility index (Phi) is 8.27. The number of hydrogen-bond donors (Lipinski definition) is 3. The summed E-state index contributed by atoms with van der Waals surface area (Å²) >= 11 is 6.38. The zero-order valence-electron chi connectivity index (χ0n) is 24.4. The molecular weight excluding hydrogens is 554 g/mol. The van der Waals surface area contributed by atoms with Crippen LogP contribution >= 0.6 is 11.6 Å². The molecule has 1 amide bonds. The van der Waals surface area contributed by atoms with Gasteiger partial charge in [0.05, 0.1) is 40.8 Å². The Balaban J connectivity index is 1.50. The largest absolute Gasteiger partial charge is 0.481 e. The fourth-order valence-corrected chi connectivity index (χ4v) is 5.33. The molecule has 4 N–H and O–H groups in total. The predicted molar refractivity (Wildman–Crippen MR) is 166 cm³/mol. The number of aryl methyl sites for hydroxylation is 1. The lowest BCUT2D eigenvalue weighted by Gasteiger charge is -2.22. The highest BCUT2D eigenvalue weighted by atomic mass is 35.5.